The minimum Gasteiger partial charge on any atom is -0.497 e. The number of benzene rings is 2. The van der Waals surface area contributed by atoms with Gasteiger partial charge in [0.25, 0.3) is 0 Å². The molecule has 26 heavy (non-hydrogen) atoms. The van der Waals surface area contributed by atoms with Crippen LogP contribution in [0.2, 0.25) is 0 Å². The predicted molar refractivity (Wildman–Crippen MR) is 101 cm³/mol. The van der Waals surface area contributed by atoms with Crippen LogP contribution in [-0.4, -0.2) is 18.8 Å². The molecule has 1 aromatic heterocycles. The van der Waals surface area contributed by atoms with Crippen LogP contribution in [0.5, 0.6) is 11.5 Å². The van der Waals surface area contributed by atoms with Crippen LogP contribution in [0.15, 0.2) is 52.8 Å². The quantitative estimate of drug-likeness (QED) is 0.638. The van der Waals surface area contributed by atoms with Gasteiger partial charge in [-0.2, -0.15) is 0 Å². The summed E-state index contributed by atoms with van der Waals surface area (Å²) in [6, 6.07) is 12.5. The van der Waals surface area contributed by atoms with Gasteiger partial charge in [-0.05, 0) is 49.2 Å². The van der Waals surface area contributed by atoms with Crippen molar-refractivity contribution in [1.29, 1.82) is 0 Å². The molecule has 2 aromatic carbocycles. The second-order valence-electron chi connectivity index (χ2n) is 6.16. The summed E-state index contributed by atoms with van der Waals surface area (Å²) in [4.78, 5) is 5.64. The Morgan fingerprint density at radius 1 is 1.08 bits per heavy atom. The molecule has 6 heteroatoms. The Kier molecular flexibility index (Phi) is 4.51. The largest absolute Gasteiger partial charge is 0.497 e. The number of aromatic nitrogens is 1. The smallest absolute Gasteiger partial charge is 0.190 e. The van der Waals surface area contributed by atoms with E-state index in [2.05, 4.69) is 9.95 Å². The van der Waals surface area contributed by atoms with Crippen LogP contribution >= 0.6 is 11.3 Å². The maximum atomic E-state index is 13.1. The number of methoxy groups -OCH3 is 2. The molecule has 0 radical (unpaired) electrons. The van der Waals surface area contributed by atoms with E-state index < -0.39 is 0 Å². The number of nitrogens with zero attached hydrogens (tertiary/aromatic N) is 2. The van der Waals surface area contributed by atoms with Crippen LogP contribution in [0.1, 0.15) is 18.9 Å². The number of halogens is 1. The van der Waals surface area contributed by atoms with Crippen LogP contribution in [0, 0.1) is 5.82 Å². The molecule has 0 unspecified atom stereocenters. The maximum absolute atomic E-state index is 13.1. The fourth-order valence-electron chi connectivity index (χ4n) is 2.92. The molecular formula is C20H19FN2O2S. The normalized spacial score (nSPS) is 14.5. The zero-order chi connectivity index (χ0) is 18.1. The fourth-order valence-corrected chi connectivity index (χ4v) is 3.90. The third-order valence-corrected chi connectivity index (χ3v) is 5.23. The standard InChI is InChI=1S/C20H19FN2O2S/c1-24-16-9-10-17(19(11-16)25-2)18-12-26-20(23(18)15-7-8-15)22-14-5-3-13(21)4-6-14/h3-6,9-12,15H,7-8H2,1-2H3. The minimum atomic E-state index is -0.256. The third kappa shape index (κ3) is 3.24. The summed E-state index contributed by atoms with van der Waals surface area (Å²) < 4.78 is 26.3. The molecule has 0 atom stereocenters. The number of hydrogen-bond donors (Lipinski definition) is 0. The first-order valence-electron chi connectivity index (χ1n) is 8.42. The third-order valence-electron chi connectivity index (χ3n) is 4.39. The van der Waals surface area contributed by atoms with E-state index in [0.29, 0.717) is 6.04 Å². The lowest BCUT2D eigenvalue weighted by Gasteiger charge is -2.13. The molecule has 3 aromatic rings. The van der Waals surface area contributed by atoms with Gasteiger partial charge in [0.15, 0.2) is 4.80 Å². The van der Waals surface area contributed by atoms with E-state index in [-0.39, 0.29) is 5.82 Å². The van der Waals surface area contributed by atoms with E-state index in [9.17, 15) is 4.39 Å². The summed E-state index contributed by atoms with van der Waals surface area (Å²) in [5, 5.41) is 2.10. The molecule has 1 saturated carbocycles. The first kappa shape index (κ1) is 16.8. The number of thiazole rings is 1. The Morgan fingerprint density at radius 3 is 2.50 bits per heavy atom. The highest BCUT2D eigenvalue weighted by atomic mass is 32.1. The SMILES string of the molecule is COc1ccc(-c2csc(=Nc3ccc(F)cc3)n2C2CC2)c(OC)c1. The number of ether oxygens (including phenoxy) is 2. The summed E-state index contributed by atoms with van der Waals surface area (Å²) in [6.45, 7) is 0. The Balaban J connectivity index is 1.84. The van der Waals surface area contributed by atoms with Crippen molar-refractivity contribution >= 4 is 17.0 Å². The molecule has 1 fully saturated rings. The zero-order valence-corrected chi connectivity index (χ0v) is 15.4. The average Bonchev–Trinajstić information content (AvgIpc) is 3.43. The van der Waals surface area contributed by atoms with Crippen LogP contribution in [0.3, 0.4) is 0 Å². The summed E-state index contributed by atoms with van der Waals surface area (Å²) >= 11 is 1.58. The van der Waals surface area contributed by atoms with Crippen molar-refractivity contribution in [1.82, 2.24) is 4.57 Å². The topological polar surface area (TPSA) is 35.8 Å². The molecule has 0 saturated heterocycles. The molecule has 1 heterocycles. The van der Waals surface area contributed by atoms with E-state index in [4.69, 9.17) is 14.5 Å². The molecule has 0 spiro atoms. The maximum Gasteiger partial charge on any atom is 0.190 e. The van der Waals surface area contributed by atoms with Crippen LogP contribution < -0.4 is 14.3 Å². The first-order valence-corrected chi connectivity index (χ1v) is 9.30. The van der Waals surface area contributed by atoms with Gasteiger partial charge in [0.1, 0.15) is 17.3 Å². The van der Waals surface area contributed by atoms with E-state index in [0.717, 1.165) is 46.1 Å². The van der Waals surface area contributed by atoms with Gasteiger partial charge in [-0.15, -0.1) is 11.3 Å². The van der Waals surface area contributed by atoms with E-state index >= 15 is 0 Å². The van der Waals surface area contributed by atoms with E-state index in [1.165, 1.54) is 12.1 Å². The summed E-state index contributed by atoms with van der Waals surface area (Å²) in [7, 11) is 3.30. The Morgan fingerprint density at radius 2 is 1.85 bits per heavy atom. The lowest BCUT2D eigenvalue weighted by molar-refractivity contribution is 0.395. The molecular weight excluding hydrogens is 351 g/mol. The Hall–Kier alpha value is -2.60. The summed E-state index contributed by atoms with van der Waals surface area (Å²) in [6.07, 6.45) is 2.28. The van der Waals surface area contributed by atoms with Crippen LogP contribution in [0.4, 0.5) is 10.1 Å². The number of rotatable bonds is 5. The zero-order valence-electron chi connectivity index (χ0n) is 14.6. The summed E-state index contributed by atoms with van der Waals surface area (Å²) in [5.74, 6) is 1.27. The van der Waals surface area contributed by atoms with Gasteiger partial charge in [-0.1, -0.05) is 0 Å². The van der Waals surface area contributed by atoms with Crippen molar-refractivity contribution in [2.45, 2.75) is 18.9 Å². The molecule has 1 aliphatic carbocycles. The van der Waals surface area contributed by atoms with Crippen molar-refractivity contribution in [3.05, 3.63) is 58.5 Å². The Labute approximate surface area is 155 Å². The van der Waals surface area contributed by atoms with Gasteiger partial charge in [0.05, 0.1) is 25.6 Å². The fraction of sp³-hybridized carbons (Fsp3) is 0.250. The van der Waals surface area contributed by atoms with Crippen LogP contribution in [-0.2, 0) is 0 Å². The average molecular weight is 370 g/mol. The molecule has 0 N–H and O–H groups in total. The van der Waals surface area contributed by atoms with Gasteiger partial charge in [0, 0.05) is 23.1 Å². The minimum absolute atomic E-state index is 0.256. The monoisotopic (exact) mass is 370 g/mol. The van der Waals surface area contributed by atoms with Crippen molar-refractivity contribution < 1.29 is 13.9 Å². The molecule has 4 nitrogen and oxygen atoms in total. The van der Waals surface area contributed by atoms with Gasteiger partial charge in [-0.3, -0.25) is 0 Å². The number of hydrogen-bond acceptors (Lipinski definition) is 4. The second kappa shape index (κ2) is 6.96. The highest BCUT2D eigenvalue weighted by Gasteiger charge is 2.28. The van der Waals surface area contributed by atoms with Gasteiger partial charge < -0.3 is 14.0 Å². The second-order valence-corrected chi connectivity index (χ2v) is 7.00. The highest BCUT2D eigenvalue weighted by molar-refractivity contribution is 7.07. The van der Waals surface area contributed by atoms with Crippen molar-refractivity contribution in [2.24, 2.45) is 4.99 Å². The molecule has 0 aliphatic heterocycles. The summed E-state index contributed by atoms with van der Waals surface area (Å²) in [5.41, 5.74) is 2.84. The van der Waals surface area contributed by atoms with Crippen LogP contribution in [0.25, 0.3) is 11.3 Å². The van der Waals surface area contributed by atoms with Crippen molar-refractivity contribution in [2.75, 3.05) is 14.2 Å². The van der Waals surface area contributed by atoms with E-state index in [1.807, 2.05) is 18.2 Å². The highest BCUT2D eigenvalue weighted by Crippen LogP contribution is 2.41. The van der Waals surface area contributed by atoms with Gasteiger partial charge in [0.2, 0.25) is 0 Å². The molecule has 0 bridgehead atoms. The molecule has 1 aliphatic rings. The molecule has 4 rings (SSSR count). The molecule has 0 amide bonds. The Bertz CT molecular complexity index is 988. The van der Waals surface area contributed by atoms with E-state index in [1.54, 1.807) is 37.7 Å². The first-order chi connectivity index (χ1) is 12.7. The lowest BCUT2D eigenvalue weighted by Crippen LogP contribution is -2.14. The predicted octanol–water partition coefficient (Wildman–Crippen LogP) is 4.94. The van der Waals surface area contributed by atoms with Gasteiger partial charge in [-0.25, -0.2) is 9.38 Å². The lowest BCUT2D eigenvalue weighted by atomic mass is 10.1. The van der Waals surface area contributed by atoms with Crippen molar-refractivity contribution in [3.8, 4) is 22.8 Å². The molecule has 134 valence electrons. The van der Waals surface area contributed by atoms with Gasteiger partial charge >= 0.3 is 0 Å². The van der Waals surface area contributed by atoms with Crippen molar-refractivity contribution in [3.63, 3.8) is 0 Å².